The van der Waals surface area contributed by atoms with E-state index in [-0.39, 0.29) is 28.4 Å². The summed E-state index contributed by atoms with van der Waals surface area (Å²) in [7, 11) is 0. The first-order chi connectivity index (χ1) is 9.49. The van der Waals surface area contributed by atoms with Crippen molar-refractivity contribution in [3.8, 4) is 5.75 Å². The minimum absolute atomic E-state index is 0.0127. The third kappa shape index (κ3) is 3.00. The summed E-state index contributed by atoms with van der Waals surface area (Å²) in [6.45, 7) is -0.0721. The van der Waals surface area contributed by atoms with Gasteiger partial charge in [-0.1, -0.05) is 17.7 Å². The van der Waals surface area contributed by atoms with Gasteiger partial charge in [-0.3, -0.25) is 0 Å². The normalized spacial score (nSPS) is 10.3. The lowest BCUT2D eigenvalue weighted by atomic mass is 10.2. The zero-order valence-electron chi connectivity index (χ0n) is 10.3. The molecule has 3 N–H and O–H groups in total. The number of aromatic carboxylic acids is 1. The molecule has 0 saturated heterocycles. The number of hydrogen-bond acceptors (Lipinski definition) is 3. The molecule has 0 fully saturated rings. The number of rotatable bonds is 4. The Kier molecular flexibility index (Phi) is 4.10. The molecule has 6 heteroatoms. The van der Waals surface area contributed by atoms with Crippen molar-refractivity contribution in [2.24, 2.45) is 0 Å². The Morgan fingerprint density at radius 1 is 1.35 bits per heavy atom. The lowest BCUT2D eigenvalue weighted by Gasteiger charge is -2.10. The Balaban J connectivity index is 2.16. The highest BCUT2D eigenvalue weighted by atomic mass is 35.5. The molecule has 0 saturated carbocycles. The summed E-state index contributed by atoms with van der Waals surface area (Å²) in [5.41, 5.74) is 5.89. The Morgan fingerprint density at radius 3 is 2.70 bits per heavy atom. The molecule has 2 aromatic rings. The molecule has 4 nitrogen and oxygen atoms in total. The first-order valence-corrected chi connectivity index (χ1v) is 6.05. The van der Waals surface area contributed by atoms with Crippen LogP contribution in [0.1, 0.15) is 15.9 Å². The molecule has 0 heterocycles. The molecule has 0 amide bonds. The fraction of sp³-hybridized carbons (Fsp3) is 0.0714. The monoisotopic (exact) mass is 295 g/mol. The van der Waals surface area contributed by atoms with Crippen LogP contribution in [0.3, 0.4) is 0 Å². The molecule has 0 atom stereocenters. The van der Waals surface area contributed by atoms with Gasteiger partial charge in [-0.05, 0) is 24.3 Å². The van der Waals surface area contributed by atoms with Crippen molar-refractivity contribution in [1.29, 1.82) is 0 Å². The second-order valence-corrected chi connectivity index (χ2v) is 4.45. The fourth-order valence-corrected chi connectivity index (χ4v) is 1.87. The first kappa shape index (κ1) is 14.1. The topological polar surface area (TPSA) is 72.5 Å². The van der Waals surface area contributed by atoms with Gasteiger partial charge in [-0.15, -0.1) is 0 Å². The van der Waals surface area contributed by atoms with Crippen molar-refractivity contribution < 1.29 is 19.0 Å². The van der Waals surface area contributed by atoms with Gasteiger partial charge in [0.2, 0.25) is 0 Å². The molecule has 2 rings (SSSR count). The number of nitrogens with two attached hydrogens (primary N) is 1. The van der Waals surface area contributed by atoms with Crippen molar-refractivity contribution in [2.75, 3.05) is 5.73 Å². The summed E-state index contributed by atoms with van der Waals surface area (Å²) in [5, 5.41) is 9.11. The minimum atomic E-state index is -1.12. The number of hydrogen-bond donors (Lipinski definition) is 2. The molecule has 0 unspecified atom stereocenters. The van der Waals surface area contributed by atoms with Gasteiger partial charge < -0.3 is 15.6 Å². The highest BCUT2D eigenvalue weighted by Gasteiger charge is 2.10. The van der Waals surface area contributed by atoms with Crippen molar-refractivity contribution in [1.82, 2.24) is 0 Å². The van der Waals surface area contributed by atoms with E-state index in [1.165, 1.54) is 30.3 Å². The maximum absolute atomic E-state index is 13.5. The number of halogens is 2. The van der Waals surface area contributed by atoms with E-state index in [1.54, 1.807) is 6.07 Å². The predicted molar refractivity (Wildman–Crippen MR) is 73.6 cm³/mol. The number of anilines is 1. The van der Waals surface area contributed by atoms with E-state index < -0.39 is 11.8 Å². The summed E-state index contributed by atoms with van der Waals surface area (Å²) in [4.78, 5) is 10.8. The van der Waals surface area contributed by atoms with Crippen molar-refractivity contribution >= 4 is 23.3 Å². The Bertz CT molecular complexity index is 641. The summed E-state index contributed by atoms with van der Waals surface area (Å²) < 4.78 is 18.9. The molecule has 0 aliphatic heterocycles. The summed E-state index contributed by atoms with van der Waals surface area (Å²) in [6.07, 6.45) is 0. The van der Waals surface area contributed by atoms with Crippen LogP contribution in [0, 0.1) is 5.82 Å². The van der Waals surface area contributed by atoms with E-state index in [0.29, 0.717) is 5.75 Å². The van der Waals surface area contributed by atoms with Gasteiger partial charge >= 0.3 is 5.97 Å². The van der Waals surface area contributed by atoms with Gasteiger partial charge in [0.05, 0.1) is 10.6 Å². The zero-order chi connectivity index (χ0) is 14.7. The van der Waals surface area contributed by atoms with E-state index >= 15 is 0 Å². The van der Waals surface area contributed by atoms with Crippen LogP contribution < -0.4 is 10.5 Å². The predicted octanol–water partition coefficient (Wildman–Crippen LogP) is 3.34. The number of carboxylic acids is 1. The van der Waals surface area contributed by atoms with Gasteiger partial charge in [0.1, 0.15) is 18.2 Å². The molecule has 0 bridgehead atoms. The van der Waals surface area contributed by atoms with E-state index in [1.807, 2.05) is 0 Å². The summed E-state index contributed by atoms with van der Waals surface area (Å²) in [5.74, 6) is -1.24. The molecule has 0 spiro atoms. The van der Waals surface area contributed by atoms with E-state index in [2.05, 4.69) is 0 Å². The SMILES string of the molecule is Nc1cc(OCc2c(F)cccc2Cl)ccc1C(=O)O. The Labute approximate surface area is 119 Å². The van der Waals surface area contributed by atoms with Crippen LogP contribution in [-0.2, 0) is 6.61 Å². The molecule has 0 aliphatic rings. The van der Waals surface area contributed by atoms with E-state index in [9.17, 15) is 9.18 Å². The van der Waals surface area contributed by atoms with Crippen LogP contribution in [0.15, 0.2) is 36.4 Å². The lowest BCUT2D eigenvalue weighted by molar-refractivity contribution is 0.0698. The smallest absolute Gasteiger partial charge is 0.337 e. The van der Waals surface area contributed by atoms with Crippen LogP contribution in [0.5, 0.6) is 5.75 Å². The minimum Gasteiger partial charge on any atom is -0.489 e. The zero-order valence-corrected chi connectivity index (χ0v) is 11.0. The average molecular weight is 296 g/mol. The van der Waals surface area contributed by atoms with Crippen molar-refractivity contribution in [3.05, 3.63) is 58.4 Å². The molecule has 104 valence electrons. The largest absolute Gasteiger partial charge is 0.489 e. The van der Waals surface area contributed by atoms with Crippen LogP contribution in [0.4, 0.5) is 10.1 Å². The number of carboxylic acid groups (broad SMARTS) is 1. The second-order valence-electron chi connectivity index (χ2n) is 4.04. The maximum atomic E-state index is 13.5. The van der Waals surface area contributed by atoms with Crippen LogP contribution in [0.2, 0.25) is 5.02 Å². The van der Waals surface area contributed by atoms with Gasteiger partial charge in [0.15, 0.2) is 0 Å². The molecular formula is C14H11ClFNO3. The Hall–Kier alpha value is -2.27. The van der Waals surface area contributed by atoms with Crippen LogP contribution >= 0.6 is 11.6 Å². The second kappa shape index (κ2) is 5.79. The van der Waals surface area contributed by atoms with Crippen molar-refractivity contribution in [3.63, 3.8) is 0 Å². The molecule has 2 aromatic carbocycles. The van der Waals surface area contributed by atoms with Crippen LogP contribution in [-0.4, -0.2) is 11.1 Å². The highest BCUT2D eigenvalue weighted by molar-refractivity contribution is 6.31. The molecule has 0 aliphatic carbocycles. The average Bonchev–Trinajstić information content (AvgIpc) is 2.37. The molecule has 20 heavy (non-hydrogen) atoms. The number of benzene rings is 2. The molecule has 0 radical (unpaired) electrons. The molecule has 0 aromatic heterocycles. The van der Waals surface area contributed by atoms with Gasteiger partial charge in [-0.2, -0.15) is 0 Å². The lowest BCUT2D eigenvalue weighted by Crippen LogP contribution is -2.04. The van der Waals surface area contributed by atoms with Crippen LogP contribution in [0.25, 0.3) is 0 Å². The van der Waals surface area contributed by atoms with Gasteiger partial charge in [0, 0.05) is 17.3 Å². The number of carbonyl (C=O) groups is 1. The van der Waals surface area contributed by atoms with Gasteiger partial charge in [-0.25, -0.2) is 9.18 Å². The summed E-state index contributed by atoms with van der Waals surface area (Å²) in [6, 6.07) is 8.50. The standard InChI is InChI=1S/C14H11ClFNO3/c15-11-2-1-3-12(16)10(11)7-20-8-4-5-9(14(18)19)13(17)6-8/h1-6H,7,17H2,(H,18,19). The van der Waals surface area contributed by atoms with E-state index in [0.717, 1.165) is 0 Å². The number of ether oxygens (including phenoxy) is 1. The molecular weight excluding hydrogens is 285 g/mol. The maximum Gasteiger partial charge on any atom is 0.337 e. The summed E-state index contributed by atoms with van der Waals surface area (Å²) >= 11 is 5.87. The van der Waals surface area contributed by atoms with Crippen molar-refractivity contribution in [2.45, 2.75) is 6.61 Å². The fourth-order valence-electron chi connectivity index (χ4n) is 1.65. The van der Waals surface area contributed by atoms with Gasteiger partial charge in [0.25, 0.3) is 0 Å². The third-order valence-electron chi connectivity index (χ3n) is 2.70. The quantitative estimate of drug-likeness (QED) is 0.849. The Morgan fingerprint density at radius 2 is 2.10 bits per heavy atom. The van der Waals surface area contributed by atoms with E-state index in [4.69, 9.17) is 27.2 Å². The third-order valence-corrected chi connectivity index (χ3v) is 3.05. The number of nitrogen functional groups attached to an aromatic ring is 1. The highest BCUT2D eigenvalue weighted by Crippen LogP contribution is 2.24. The first-order valence-electron chi connectivity index (χ1n) is 5.67.